The number of furan rings is 1. The Morgan fingerprint density at radius 2 is 0.923 bits per heavy atom. The maximum Gasteiger partial charge on any atom is 0.143 e. The van der Waals surface area contributed by atoms with Gasteiger partial charge in [-0.25, -0.2) is 0 Å². The van der Waals surface area contributed by atoms with Gasteiger partial charge >= 0.3 is 0 Å². The van der Waals surface area contributed by atoms with E-state index in [1.54, 1.807) is 4.90 Å². The predicted octanol–water partition coefficient (Wildman–Crippen LogP) is 17.5. The van der Waals surface area contributed by atoms with Crippen LogP contribution in [0.2, 0.25) is 0 Å². The molecular formula is C62H40N2O. The first-order valence-corrected chi connectivity index (χ1v) is 21.2. The Bertz CT molecular complexity index is 4630. The molecule has 0 aliphatic rings. The quantitative estimate of drug-likeness (QED) is 0.159. The number of aromatic nitrogens is 1. The van der Waals surface area contributed by atoms with Crippen LogP contribution in [0.25, 0.3) is 104 Å². The van der Waals surface area contributed by atoms with Crippen LogP contribution in [0.3, 0.4) is 0 Å². The van der Waals surface area contributed by atoms with Crippen LogP contribution in [0, 0.1) is 0 Å². The van der Waals surface area contributed by atoms with E-state index in [0.717, 1.165) is 60.5 Å². The van der Waals surface area contributed by atoms with Gasteiger partial charge < -0.3 is 13.9 Å². The minimum absolute atomic E-state index is 0.130. The molecule has 13 rings (SSSR count). The summed E-state index contributed by atoms with van der Waals surface area (Å²) in [4.78, 5) is 1.66. The zero-order valence-corrected chi connectivity index (χ0v) is 34.4. The molecule has 0 saturated carbocycles. The summed E-state index contributed by atoms with van der Waals surface area (Å²) in [6, 6.07) is 46.4. The molecule has 0 aliphatic carbocycles. The van der Waals surface area contributed by atoms with Crippen LogP contribution in [0.5, 0.6) is 0 Å². The monoisotopic (exact) mass is 841 g/mol. The molecule has 0 spiro atoms. The van der Waals surface area contributed by atoms with E-state index in [1.807, 2.05) is 121 Å². The SMILES string of the molecule is [2H]c1c([2H])c(N(c2ccc(-c3ccccc3-n3c4ccccc4c4ccccc43)cc2)c2ccc(-c3cccc4ccccc34)cc2)c([2H])c([2H])c1-c1c([2H])c([2H])c([2H])c2c1oc1c3c([2H])c([2H])c([2H])c([2H])c3c([2H])c([2H])c12. The Hall–Kier alpha value is -8.66. The highest BCUT2D eigenvalue weighted by atomic mass is 16.3. The molecule has 3 heteroatoms. The van der Waals surface area contributed by atoms with E-state index in [9.17, 15) is 6.85 Å². The summed E-state index contributed by atoms with van der Waals surface area (Å²) in [5.74, 6) is 0. The van der Waals surface area contributed by atoms with Crippen LogP contribution in [0.1, 0.15) is 17.8 Å². The van der Waals surface area contributed by atoms with Gasteiger partial charge in [0.25, 0.3) is 0 Å². The third-order valence-electron chi connectivity index (χ3n) is 12.2. The molecule has 0 bridgehead atoms. The van der Waals surface area contributed by atoms with Gasteiger partial charge in [0, 0.05) is 55.1 Å². The number of hydrogen-bond acceptors (Lipinski definition) is 2. The highest BCUT2D eigenvalue weighted by Gasteiger charge is 2.19. The molecule has 0 atom stereocenters. The number of fused-ring (bicyclic) bond motifs is 9. The van der Waals surface area contributed by atoms with Gasteiger partial charge in [0.1, 0.15) is 11.2 Å². The summed E-state index contributed by atoms with van der Waals surface area (Å²) in [5.41, 5.74) is 6.15. The molecule has 0 aliphatic heterocycles. The lowest BCUT2D eigenvalue weighted by Crippen LogP contribution is -2.09. The lowest BCUT2D eigenvalue weighted by Gasteiger charge is -2.26. The van der Waals surface area contributed by atoms with E-state index >= 15 is 0 Å². The van der Waals surface area contributed by atoms with Crippen molar-refractivity contribution in [1.82, 2.24) is 4.57 Å². The molecule has 13 aromatic rings. The lowest BCUT2D eigenvalue weighted by molar-refractivity contribution is 0.674. The Labute approximate surface area is 394 Å². The van der Waals surface area contributed by atoms with Gasteiger partial charge in [-0.3, -0.25) is 0 Å². The molecule has 0 fully saturated rings. The first-order valence-electron chi connectivity index (χ1n) is 27.7. The third-order valence-corrected chi connectivity index (χ3v) is 12.2. The van der Waals surface area contributed by atoms with Crippen molar-refractivity contribution in [3.8, 4) is 39.1 Å². The molecule has 0 amide bonds. The standard InChI is InChI=1S/C62H40N2O/c1-3-16-49-41(13-1)15-11-21-50(49)43-27-34-46(35-28-43)63(48-38-31-45(32-39-48)53-22-12-23-56-57-40-33-42-14-2-4-18-52(42)62(57)65-61(53)56)47-36-29-44(30-37-47)51-17-5-8-24-58(51)64-59-25-9-6-19-54(59)55-20-7-10-26-60(55)64/h1-40H/i2D,4D,12D,14D,18D,22D,23D,31D,32D,33D,38D,39D,40D. The van der Waals surface area contributed by atoms with E-state index in [2.05, 4.69) is 47.0 Å². The van der Waals surface area contributed by atoms with Crippen molar-refractivity contribution in [1.29, 1.82) is 0 Å². The highest BCUT2D eigenvalue weighted by Crippen LogP contribution is 2.43. The summed E-state index contributed by atoms with van der Waals surface area (Å²) in [6.45, 7) is 0. The van der Waals surface area contributed by atoms with Crippen LogP contribution in [-0.2, 0) is 0 Å². The molecule has 0 radical (unpaired) electrons. The Kier molecular flexibility index (Phi) is 6.02. The first-order chi connectivity index (χ1) is 37.7. The molecule has 65 heavy (non-hydrogen) atoms. The van der Waals surface area contributed by atoms with Gasteiger partial charge in [0.05, 0.1) is 34.5 Å². The Morgan fingerprint density at radius 3 is 1.68 bits per heavy atom. The van der Waals surface area contributed by atoms with Crippen molar-refractivity contribution in [2.45, 2.75) is 0 Å². The van der Waals surface area contributed by atoms with Crippen molar-refractivity contribution in [2.24, 2.45) is 0 Å². The second-order valence-electron chi connectivity index (χ2n) is 15.8. The fourth-order valence-electron chi connectivity index (χ4n) is 9.21. The number of nitrogens with zero attached hydrogens (tertiary/aromatic N) is 2. The van der Waals surface area contributed by atoms with Crippen LogP contribution < -0.4 is 4.90 Å². The van der Waals surface area contributed by atoms with Gasteiger partial charge in [-0.15, -0.1) is 0 Å². The number of benzene rings is 11. The Balaban J connectivity index is 1.02. The average molecular weight is 842 g/mol. The molecule has 304 valence electrons. The zero-order chi connectivity index (χ0) is 54.2. The minimum Gasteiger partial charge on any atom is -0.455 e. The molecular weight excluding hydrogens is 789 g/mol. The van der Waals surface area contributed by atoms with Crippen molar-refractivity contribution < 1.29 is 22.2 Å². The molecule has 11 aromatic carbocycles. The first kappa shape index (κ1) is 26.1. The molecule has 2 aromatic heterocycles. The summed E-state index contributed by atoms with van der Waals surface area (Å²) in [7, 11) is 0. The number of para-hydroxylation sites is 4. The topological polar surface area (TPSA) is 21.3 Å². The van der Waals surface area contributed by atoms with Gasteiger partial charge in [0.15, 0.2) is 0 Å². The third kappa shape index (κ3) is 6.05. The average Bonchev–Trinajstić information content (AvgIpc) is 4.20. The lowest BCUT2D eigenvalue weighted by atomic mass is 9.98. The summed E-state index contributed by atoms with van der Waals surface area (Å²) >= 11 is 0. The highest BCUT2D eigenvalue weighted by molar-refractivity contribution is 6.17. The van der Waals surface area contributed by atoms with Crippen molar-refractivity contribution >= 4 is 82.4 Å². The van der Waals surface area contributed by atoms with Crippen LogP contribution >= 0.6 is 0 Å². The van der Waals surface area contributed by atoms with Crippen molar-refractivity contribution in [3.05, 3.63) is 242 Å². The summed E-state index contributed by atoms with van der Waals surface area (Å²) in [6.07, 6.45) is 0. The maximum atomic E-state index is 9.83. The van der Waals surface area contributed by atoms with Crippen LogP contribution in [-0.4, -0.2) is 4.57 Å². The van der Waals surface area contributed by atoms with Crippen LogP contribution in [0.15, 0.2) is 247 Å². The van der Waals surface area contributed by atoms with Gasteiger partial charge in [-0.05, 0) is 99.0 Å². The number of rotatable bonds is 7. The summed E-state index contributed by atoms with van der Waals surface area (Å²) < 4.78 is 127. The normalized spacial score (nSPS) is 14.5. The molecule has 0 saturated heterocycles. The van der Waals surface area contributed by atoms with E-state index in [1.165, 1.54) is 0 Å². The fraction of sp³-hybridized carbons (Fsp3) is 0. The molecule has 2 heterocycles. The maximum absolute atomic E-state index is 9.83. The smallest absolute Gasteiger partial charge is 0.143 e. The summed E-state index contributed by atoms with van der Waals surface area (Å²) in [5, 5.41) is 3.33. The second kappa shape index (κ2) is 15.0. The van der Waals surface area contributed by atoms with Crippen molar-refractivity contribution in [2.75, 3.05) is 4.90 Å². The van der Waals surface area contributed by atoms with E-state index in [-0.39, 0.29) is 44.0 Å². The predicted molar refractivity (Wildman–Crippen MR) is 274 cm³/mol. The Morgan fingerprint density at radius 1 is 0.338 bits per heavy atom. The van der Waals surface area contributed by atoms with Gasteiger partial charge in [-0.2, -0.15) is 0 Å². The fourth-order valence-corrected chi connectivity index (χ4v) is 9.21. The largest absolute Gasteiger partial charge is 0.455 e. The number of anilines is 3. The van der Waals surface area contributed by atoms with Crippen LogP contribution in [0.4, 0.5) is 17.1 Å². The number of hydrogen-bond donors (Lipinski definition) is 0. The van der Waals surface area contributed by atoms with E-state index < -0.39 is 84.1 Å². The van der Waals surface area contributed by atoms with E-state index in [4.69, 9.17) is 15.4 Å². The van der Waals surface area contributed by atoms with Crippen molar-refractivity contribution in [3.63, 3.8) is 0 Å². The molecule has 3 nitrogen and oxygen atoms in total. The van der Waals surface area contributed by atoms with Gasteiger partial charge in [0.2, 0.25) is 0 Å². The van der Waals surface area contributed by atoms with E-state index in [0.29, 0.717) is 11.4 Å². The minimum atomic E-state index is -0.685. The second-order valence-corrected chi connectivity index (χ2v) is 15.8. The molecule has 0 N–H and O–H groups in total. The zero-order valence-electron chi connectivity index (χ0n) is 47.4. The molecule has 0 unspecified atom stereocenters. The van der Waals surface area contributed by atoms with Gasteiger partial charge in [-0.1, -0.05) is 182 Å².